The molecule has 2 aromatic rings. The van der Waals surface area contributed by atoms with E-state index in [-0.39, 0.29) is 12.0 Å². The van der Waals surface area contributed by atoms with Gasteiger partial charge in [0.2, 0.25) is 5.95 Å². The van der Waals surface area contributed by atoms with E-state index in [0.717, 1.165) is 16.8 Å². The van der Waals surface area contributed by atoms with Crippen molar-refractivity contribution in [3.8, 4) is 11.8 Å². The molecular weight excluding hydrogens is 357 g/mol. The monoisotopic (exact) mass is 377 g/mol. The standard InChI is InChI=1S/C19H20BN5O3/c1-12-10-22-19(25-18(12)24-16-11-27-7-5-14(16)9-21)23-15-2-3-17-13(8-15)4-6-20(26)28-17/h2-4,6,8,10,14,16,26H,5,7,11H2,1H3,(H2,22,23,24,25). The zero-order valence-electron chi connectivity index (χ0n) is 15.4. The summed E-state index contributed by atoms with van der Waals surface area (Å²) in [6, 6.07) is 7.76. The molecule has 0 saturated carbocycles. The van der Waals surface area contributed by atoms with Crippen LogP contribution in [0.1, 0.15) is 17.5 Å². The van der Waals surface area contributed by atoms with E-state index in [2.05, 4.69) is 26.7 Å². The largest absolute Gasteiger partial charge is 0.552 e. The Morgan fingerprint density at radius 3 is 3.14 bits per heavy atom. The summed E-state index contributed by atoms with van der Waals surface area (Å²) < 4.78 is 10.8. The average Bonchev–Trinajstić information content (AvgIpc) is 2.71. The molecule has 2 unspecified atom stereocenters. The van der Waals surface area contributed by atoms with Crippen LogP contribution < -0.4 is 15.3 Å². The molecule has 1 aromatic heterocycles. The van der Waals surface area contributed by atoms with Gasteiger partial charge in [-0.05, 0) is 37.5 Å². The van der Waals surface area contributed by atoms with Gasteiger partial charge in [-0.15, -0.1) is 0 Å². The number of aryl methyl sites for hydroxylation is 1. The number of nitrogens with one attached hydrogen (secondary N) is 2. The number of nitrogens with zero attached hydrogens (tertiary/aromatic N) is 3. The first-order valence-electron chi connectivity index (χ1n) is 9.14. The third-order valence-corrected chi connectivity index (χ3v) is 4.77. The van der Waals surface area contributed by atoms with Gasteiger partial charge in [0.1, 0.15) is 11.6 Å². The Bertz CT molecular complexity index is 946. The van der Waals surface area contributed by atoms with Crippen molar-refractivity contribution in [2.45, 2.75) is 19.4 Å². The Labute approximate surface area is 163 Å². The minimum Gasteiger partial charge on any atom is -0.532 e. The van der Waals surface area contributed by atoms with Crippen molar-refractivity contribution < 1.29 is 14.4 Å². The number of ether oxygens (including phenoxy) is 1. The van der Waals surface area contributed by atoms with Gasteiger partial charge in [0, 0.05) is 29.6 Å². The van der Waals surface area contributed by atoms with Gasteiger partial charge in [0.25, 0.3) is 0 Å². The molecule has 142 valence electrons. The van der Waals surface area contributed by atoms with Crippen molar-refractivity contribution >= 4 is 30.6 Å². The summed E-state index contributed by atoms with van der Waals surface area (Å²) in [6.07, 6.45) is 4.26. The first-order chi connectivity index (χ1) is 13.6. The fraction of sp³-hybridized carbons (Fsp3) is 0.316. The zero-order chi connectivity index (χ0) is 19.5. The molecule has 1 fully saturated rings. The minimum atomic E-state index is -0.915. The maximum Gasteiger partial charge on any atom is 0.552 e. The van der Waals surface area contributed by atoms with Crippen LogP contribution in [-0.4, -0.2) is 41.4 Å². The summed E-state index contributed by atoms with van der Waals surface area (Å²) in [6.45, 7) is 3.01. The highest BCUT2D eigenvalue weighted by molar-refractivity contribution is 6.51. The molecule has 0 amide bonds. The summed E-state index contributed by atoms with van der Waals surface area (Å²) in [5.41, 5.74) is 2.55. The molecule has 4 rings (SSSR count). The number of rotatable bonds is 4. The molecule has 2 aliphatic rings. The van der Waals surface area contributed by atoms with Gasteiger partial charge < -0.3 is 25.0 Å². The van der Waals surface area contributed by atoms with Gasteiger partial charge in [-0.25, -0.2) is 4.98 Å². The second-order valence-electron chi connectivity index (χ2n) is 6.82. The maximum absolute atomic E-state index is 9.51. The van der Waals surface area contributed by atoms with E-state index in [1.54, 1.807) is 18.2 Å². The van der Waals surface area contributed by atoms with Crippen molar-refractivity contribution in [2.24, 2.45) is 5.92 Å². The quantitative estimate of drug-likeness (QED) is 0.696. The predicted molar refractivity (Wildman–Crippen MR) is 106 cm³/mol. The summed E-state index contributed by atoms with van der Waals surface area (Å²) in [7, 11) is -0.915. The first-order valence-corrected chi connectivity index (χ1v) is 9.14. The van der Waals surface area contributed by atoms with Crippen LogP contribution in [0.25, 0.3) is 6.08 Å². The number of hydrogen-bond donors (Lipinski definition) is 3. The van der Waals surface area contributed by atoms with E-state index in [1.807, 2.05) is 25.1 Å². The molecule has 28 heavy (non-hydrogen) atoms. The van der Waals surface area contributed by atoms with E-state index in [9.17, 15) is 10.3 Å². The van der Waals surface area contributed by atoms with Crippen molar-refractivity contribution in [2.75, 3.05) is 23.8 Å². The minimum absolute atomic E-state index is 0.0994. The van der Waals surface area contributed by atoms with Gasteiger partial charge in [0.05, 0.1) is 24.6 Å². The Balaban J connectivity index is 1.52. The second-order valence-corrected chi connectivity index (χ2v) is 6.82. The van der Waals surface area contributed by atoms with Crippen LogP contribution in [0.3, 0.4) is 0 Å². The van der Waals surface area contributed by atoms with Crippen LogP contribution in [0.2, 0.25) is 0 Å². The molecule has 2 aliphatic heterocycles. The van der Waals surface area contributed by atoms with Crippen molar-refractivity contribution in [1.82, 2.24) is 9.97 Å². The molecule has 0 aliphatic carbocycles. The average molecular weight is 377 g/mol. The predicted octanol–water partition coefficient (Wildman–Crippen LogP) is 2.29. The van der Waals surface area contributed by atoms with Crippen LogP contribution in [0, 0.1) is 24.2 Å². The van der Waals surface area contributed by atoms with Crippen LogP contribution in [0.5, 0.6) is 5.75 Å². The van der Waals surface area contributed by atoms with Gasteiger partial charge in [-0.1, -0.05) is 6.08 Å². The maximum atomic E-state index is 9.51. The lowest BCUT2D eigenvalue weighted by molar-refractivity contribution is 0.0698. The zero-order valence-corrected chi connectivity index (χ0v) is 15.4. The number of nitriles is 1. The number of fused-ring (bicyclic) bond motifs is 1. The molecular formula is C19H20BN5O3. The lowest BCUT2D eigenvalue weighted by Crippen LogP contribution is -2.38. The highest BCUT2D eigenvalue weighted by atomic mass is 16.5. The Morgan fingerprint density at radius 2 is 2.29 bits per heavy atom. The van der Waals surface area contributed by atoms with E-state index < -0.39 is 7.12 Å². The van der Waals surface area contributed by atoms with Gasteiger partial charge >= 0.3 is 7.12 Å². The second kappa shape index (κ2) is 7.88. The molecule has 1 saturated heterocycles. The SMILES string of the molecule is Cc1cnc(Nc2ccc3c(c2)C=CB(O)O3)nc1NC1COCCC1C#N. The summed E-state index contributed by atoms with van der Waals surface area (Å²) >= 11 is 0. The fourth-order valence-corrected chi connectivity index (χ4v) is 3.21. The molecule has 8 nitrogen and oxygen atoms in total. The Kier molecular flexibility index (Phi) is 5.15. The topological polar surface area (TPSA) is 112 Å². The smallest absolute Gasteiger partial charge is 0.532 e. The van der Waals surface area contributed by atoms with E-state index >= 15 is 0 Å². The third kappa shape index (κ3) is 3.93. The first kappa shape index (κ1) is 18.3. The summed E-state index contributed by atoms with van der Waals surface area (Å²) in [5, 5.41) is 25.4. The van der Waals surface area contributed by atoms with Crippen LogP contribution in [-0.2, 0) is 4.74 Å². The van der Waals surface area contributed by atoms with Crippen LogP contribution >= 0.6 is 0 Å². The number of anilines is 3. The summed E-state index contributed by atoms with van der Waals surface area (Å²) in [4.78, 5) is 8.91. The normalized spacial score (nSPS) is 20.7. The van der Waals surface area contributed by atoms with Crippen LogP contribution in [0.15, 0.2) is 30.4 Å². The van der Waals surface area contributed by atoms with Crippen molar-refractivity contribution in [3.05, 3.63) is 41.5 Å². The van der Waals surface area contributed by atoms with Crippen molar-refractivity contribution in [1.29, 1.82) is 5.26 Å². The molecule has 9 heteroatoms. The highest BCUT2D eigenvalue weighted by Crippen LogP contribution is 2.29. The molecule has 0 bridgehead atoms. The van der Waals surface area contributed by atoms with E-state index in [0.29, 0.717) is 37.2 Å². The molecule has 3 N–H and O–H groups in total. The number of hydrogen-bond acceptors (Lipinski definition) is 8. The van der Waals surface area contributed by atoms with Gasteiger partial charge in [-0.3, -0.25) is 0 Å². The Morgan fingerprint density at radius 1 is 1.39 bits per heavy atom. The highest BCUT2D eigenvalue weighted by Gasteiger charge is 2.26. The molecule has 0 radical (unpaired) electrons. The van der Waals surface area contributed by atoms with Gasteiger partial charge in [-0.2, -0.15) is 10.2 Å². The van der Waals surface area contributed by atoms with Gasteiger partial charge in [0.15, 0.2) is 0 Å². The summed E-state index contributed by atoms with van der Waals surface area (Å²) in [5.74, 6) is 3.21. The Hall–Kier alpha value is -3.09. The number of benzene rings is 1. The lowest BCUT2D eigenvalue weighted by Gasteiger charge is -2.28. The molecule has 1 aromatic carbocycles. The van der Waals surface area contributed by atoms with E-state index in [4.69, 9.17) is 9.39 Å². The molecule has 0 spiro atoms. The number of aromatic nitrogens is 2. The molecule has 2 atom stereocenters. The third-order valence-electron chi connectivity index (χ3n) is 4.77. The van der Waals surface area contributed by atoms with Crippen LogP contribution in [0.4, 0.5) is 17.5 Å². The molecule has 3 heterocycles. The lowest BCUT2D eigenvalue weighted by atomic mass is 9.86. The van der Waals surface area contributed by atoms with E-state index in [1.165, 1.54) is 0 Å². The fourth-order valence-electron chi connectivity index (χ4n) is 3.21. The van der Waals surface area contributed by atoms with Crippen molar-refractivity contribution in [3.63, 3.8) is 0 Å².